The largest absolute Gasteiger partial charge is 0.339 e. The van der Waals surface area contributed by atoms with Gasteiger partial charge in [0.05, 0.1) is 15.7 Å². The number of benzene rings is 1. The van der Waals surface area contributed by atoms with Crippen molar-refractivity contribution in [3.05, 3.63) is 76.2 Å². The zero-order valence-corrected chi connectivity index (χ0v) is 18.9. The highest BCUT2D eigenvalue weighted by molar-refractivity contribution is 6.42. The molecule has 0 spiro atoms. The van der Waals surface area contributed by atoms with Crippen LogP contribution in [0, 0.1) is 5.41 Å². The van der Waals surface area contributed by atoms with Crippen molar-refractivity contribution in [3.63, 3.8) is 0 Å². The number of carbonyl (C=O) groups is 1. The van der Waals surface area contributed by atoms with Crippen LogP contribution in [0.2, 0.25) is 10.0 Å². The zero-order chi connectivity index (χ0) is 21.8. The van der Waals surface area contributed by atoms with E-state index in [1.807, 2.05) is 35.4 Å². The van der Waals surface area contributed by atoms with E-state index in [9.17, 15) is 4.79 Å². The van der Waals surface area contributed by atoms with Gasteiger partial charge in [-0.25, -0.2) is 9.67 Å². The van der Waals surface area contributed by atoms with Gasteiger partial charge in [0, 0.05) is 44.1 Å². The van der Waals surface area contributed by atoms with Gasteiger partial charge < -0.3 is 10.2 Å². The first-order valence-electron chi connectivity index (χ1n) is 10.3. The van der Waals surface area contributed by atoms with Crippen molar-refractivity contribution in [2.24, 2.45) is 5.41 Å². The third-order valence-corrected chi connectivity index (χ3v) is 6.55. The Kier molecular flexibility index (Phi) is 6.60. The van der Waals surface area contributed by atoms with Crippen LogP contribution in [0.1, 0.15) is 35.8 Å². The van der Waals surface area contributed by atoms with Crippen LogP contribution < -0.4 is 5.32 Å². The van der Waals surface area contributed by atoms with Crippen molar-refractivity contribution in [3.8, 4) is 5.82 Å². The van der Waals surface area contributed by atoms with Gasteiger partial charge >= 0.3 is 0 Å². The van der Waals surface area contributed by atoms with Crippen LogP contribution in [0.3, 0.4) is 0 Å². The van der Waals surface area contributed by atoms with Crippen LogP contribution in [0.15, 0.2) is 54.9 Å². The predicted octanol–water partition coefficient (Wildman–Crippen LogP) is 4.61. The molecule has 0 aliphatic carbocycles. The fraction of sp³-hybridized carbons (Fsp3) is 0.348. The molecule has 1 aliphatic heterocycles. The third kappa shape index (κ3) is 5.26. The maximum Gasteiger partial charge on any atom is 0.253 e. The van der Waals surface area contributed by atoms with Gasteiger partial charge in [-0.05, 0) is 54.7 Å². The molecule has 0 radical (unpaired) electrons. The summed E-state index contributed by atoms with van der Waals surface area (Å²) in [6.45, 7) is 5.29. The molecule has 0 bridgehead atoms. The summed E-state index contributed by atoms with van der Waals surface area (Å²) in [6, 6.07) is 12.9. The molecule has 1 fully saturated rings. The molecule has 1 aromatic carbocycles. The van der Waals surface area contributed by atoms with E-state index >= 15 is 0 Å². The number of nitrogens with one attached hydrogen (secondary N) is 1. The average molecular weight is 458 g/mol. The summed E-state index contributed by atoms with van der Waals surface area (Å²) in [4.78, 5) is 19.4. The molecule has 4 rings (SSSR count). The molecule has 31 heavy (non-hydrogen) atoms. The lowest BCUT2D eigenvalue weighted by Crippen LogP contribution is -2.45. The van der Waals surface area contributed by atoms with E-state index in [0.717, 1.165) is 44.0 Å². The maximum atomic E-state index is 12.8. The molecule has 1 saturated heterocycles. The number of nitrogens with zero attached hydrogens (tertiary/aromatic N) is 4. The SMILES string of the molecule is CC1(CNCc2cccc(-n3cccn3)n2)CCN(C(=O)c2ccc(Cl)c(Cl)c2)CC1. The Bertz CT molecular complexity index is 1050. The summed E-state index contributed by atoms with van der Waals surface area (Å²) < 4.78 is 1.76. The summed E-state index contributed by atoms with van der Waals surface area (Å²) in [5, 5.41) is 8.64. The van der Waals surface area contributed by atoms with Crippen LogP contribution in [0.4, 0.5) is 0 Å². The van der Waals surface area contributed by atoms with Crippen LogP contribution in [0.25, 0.3) is 5.82 Å². The summed E-state index contributed by atoms with van der Waals surface area (Å²) in [5.41, 5.74) is 1.69. The molecular weight excluding hydrogens is 433 g/mol. The van der Waals surface area contributed by atoms with Gasteiger partial charge in [0.15, 0.2) is 5.82 Å². The Balaban J connectivity index is 1.28. The van der Waals surface area contributed by atoms with Crippen LogP contribution in [-0.2, 0) is 6.54 Å². The Hall–Kier alpha value is -2.41. The molecule has 1 amide bonds. The zero-order valence-electron chi connectivity index (χ0n) is 17.4. The Morgan fingerprint density at radius 3 is 2.65 bits per heavy atom. The van der Waals surface area contributed by atoms with Crippen molar-refractivity contribution < 1.29 is 4.79 Å². The number of halogens is 2. The fourth-order valence-electron chi connectivity index (χ4n) is 3.83. The number of aromatic nitrogens is 3. The van der Waals surface area contributed by atoms with Crippen molar-refractivity contribution in [1.82, 2.24) is 25.0 Å². The van der Waals surface area contributed by atoms with Gasteiger partial charge in [-0.3, -0.25) is 4.79 Å². The normalized spacial score (nSPS) is 15.8. The highest BCUT2D eigenvalue weighted by Gasteiger charge is 2.32. The van der Waals surface area contributed by atoms with Crippen molar-refractivity contribution >= 4 is 29.1 Å². The fourth-order valence-corrected chi connectivity index (χ4v) is 4.13. The second-order valence-electron chi connectivity index (χ2n) is 8.27. The number of rotatable bonds is 6. The van der Waals surface area contributed by atoms with Gasteiger partial charge in [-0.1, -0.05) is 36.2 Å². The molecule has 8 heteroatoms. The first kappa shape index (κ1) is 21.8. The summed E-state index contributed by atoms with van der Waals surface area (Å²) in [7, 11) is 0. The molecule has 1 N–H and O–H groups in total. The quantitative estimate of drug-likeness (QED) is 0.586. The second-order valence-corrected chi connectivity index (χ2v) is 9.09. The minimum Gasteiger partial charge on any atom is -0.339 e. The van der Waals surface area contributed by atoms with E-state index in [4.69, 9.17) is 23.2 Å². The Morgan fingerprint density at radius 2 is 1.94 bits per heavy atom. The minimum atomic E-state index is 0.00760. The molecule has 2 aromatic heterocycles. The highest BCUT2D eigenvalue weighted by atomic mass is 35.5. The number of hydrogen-bond acceptors (Lipinski definition) is 4. The van der Waals surface area contributed by atoms with Crippen LogP contribution in [0.5, 0.6) is 0 Å². The number of piperidine rings is 1. The summed E-state index contributed by atoms with van der Waals surface area (Å²) in [5.74, 6) is 0.817. The van der Waals surface area contributed by atoms with Crippen molar-refractivity contribution in [1.29, 1.82) is 0 Å². The van der Waals surface area contributed by atoms with Crippen LogP contribution in [-0.4, -0.2) is 45.2 Å². The number of hydrogen-bond donors (Lipinski definition) is 1. The maximum absolute atomic E-state index is 12.8. The summed E-state index contributed by atoms with van der Waals surface area (Å²) >= 11 is 12.0. The highest BCUT2D eigenvalue weighted by Crippen LogP contribution is 2.31. The van der Waals surface area contributed by atoms with Crippen LogP contribution >= 0.6 is 23.2 Å². The molecule has 1 aliphatic rings. The molecule has 162 valence electrons. The van der Waals surface area contributed by atoms with E-state index in [1.165, 1.54) is 0 Å². The Morgan fingerprint density at radius 1 is 1.13 bits per heavy atom. The smallest absolute Gasteiger partial charge is 0.253 e. The van der Waals surface area contributed by atoms with Gasteiger partial charge in [0.1, 0.15) is 0 Å². The Labute approximate surface area is 192 Å². The topological polar surface area (TPSA) is 63.1 Å². The molecule has 0 saturated carbocycles. The minimum absolute atomic E-state index is 0.00760. The van der Waals surface area contributed by atoms with E-state index in [1.54, 1.807) is 29.1 Å². The predicted molar refractivity (Wildman–Crippen MR) is 123 cm³/mol. The van der Waals surface area contributed by atoms with Gasteiger partial charge in [0.25, 0.3) is 5.91 Å². The lowest BCUT2D eigenvalue weighted by Gasteiger charge is -2.39. The van der Waals surface area contributed by atoms with E-state index < -0.39 is 0 Å². The van der Waals surface area contributed by atoms with E-state index in [2.05, 4.69) is 22.3 Å². The lowest BCUT2D eigenvalue weighted by atomic mass is 9.80. The number of carbonyl (C=O) groups excluding carboxylic acids is 1. The molecule has 3 aromatic rings. The molecule has 3 heterocycles. The van der Waals surface area contributed by atoms with Gasteiger partial charge in [0.2, 0.25) is 0 Å². The molecule has 0 atom stereocenters. The van der Waals surface area contributed by atoms with Crippen molar-refractivity contribution in [2.75, 3.05) is 19.6 Å². The first-order valence-corrected chi connectivity index (χ1v) is 11.1. The molecule has 6 nitrogen and oxygen atoms in total. The summed E-state index contributed by atoms with van der Waals surface area (Å²) in [6.07, 6.45) is 5.50. The molecule has 0 unspecified atom stereocenters. The molecular formula is C23H25Cl2N5O. The second kappa shape index (κ2) is 9.39. The monoisotopic (exact) mass is 457 g/mol. The van der Waals surface area contributed by atoms with E-state index in [0.29, 0.717) is 22.2 Å². The van der Waals surface area contributed by atoms with Gasteiger partial charge in [-0.15, -0.1) is 0 Å². The lowest BCUT2D eigenvalue weighted by molar-refractivity contribution is 0.0605. The standard InChI is InChI=1S/C23H25Cl2N5O/c1-23(16-26-15-18-4-2-5-21(28-18)30-11-3-10-27-30)8-12-29(13-9-23)22(31)17-6-7-19(24)20(25)14-17/h2-7,10-11,14,26H,8-9,12-13,15-16H2,1H3. The average Bonchev–Trinajstić information content (AvgIpc) is 3.31. The number of pyridine rings is 1. The number of amides is 1. The third-order valence-electron chi connectivity index (χ3n) is 5.81. The van der Waals surface area contributed by atoms with E-state index in [-0.39, 0.29) is 11.3 Å². The number of likely N-dealkylation sites (tertiary alicyclic amines) is 1. The van der Waals surface area contributed by atoms with Crippen molar-refractivity contribution in [2.45, 2.75) is 26.3 Å². The first-order chi connectivity index (χ1) is 14.9. The van der Waals surface area contributed by atoms with Gasteiger partial charge in [-0.2, -0.15) is 5.10 Å².